The molecule has 0 unspecified atom stereocenters. The Morgan fingerprint density at radius 2 is 1.80 bits per heavy atom. The fraction of sp³-hybridized carbons (Fsp3) is 0.0667. The molecule has 2 aromatic carbocycles. The Kier molecular flexibility index (Phi) is 3.45. The zero-order chi connectivity index (χ0) is 13.9. The SMILES string of the molecule is OB(O)c1cc2ccc(COc3ccccc3)cc2[nH]1. The average molecular weight is 267 g/mol. The average Bonchev–Trinajstić information content (AvgIpc) is 2.89. The van der Waals surface area contributed by atoms with Crippen LogP contribution in [0.5, 0.6) is 5.75 Å². The minimum absolute atomic E-state index is 0.390. The smallest absolute Gasteiger partial charge is 0.489 e. The van der Waals surface area contributed by atoms with Crippen molar-refractivity contribution in [2.75, 3.05) is 0 Å². The molecule has 0 spiro atoms. The number of aromatic amines is 1. The molecule has 3 rings (SSSR count). The van der Waals surface area contributed by atoms with Crippen molar-refractivity contribution in [1.82, 2.24) is 4.98 Å². The van der Waals surface area contributed by atoms with E-state index in [0.29, 0.717) is 12.2 Å². The quantitative estimate of drug-likeness (QED) is 0.626. The summed E-state index contributed by atoms with van der Waals surface area (Å²) in [6.45, 7) is 0.468. The molecule has 3 N–H and O–H groups in total. The van der Waals surface area contributed by atoms with Crippen molar-refractivity contribution in [3.8, 4) is 5.75 Å². The molecule has 1 heterocycles. The lowest BCUT2D eigenvalue weighted by Gasteiger charge is -2.06. The minimum Gasteiger partial charge on any atom is -0.489 e. The molecule has 0 aliphatic heterocycles. The van der Waals surface area contributed by atoms with Crippen LogP contribution in [0.1, 0.15) is 5.56 Å². The van der Waals surface area contributed by atoms with Crippen molar-refractivity contribution in [3.63, 3.8) is 0 Å². The summed E-state index contributed by atoms with van der Waals surface area (Å²) in [5, 5.41) is 19.2. The van der Waals surface area contributed by atoms with Gasteiger partial charge in [-0.25, -0.2) is 0 Å². The zero-order valence-electron chi connectivity index (χ0n) is 10.8. The van der Waals surface area contributed by atoms with Crippen molar-refractivity contribution < 1.29 is 14.8 Å². The van der Waals surface area contributed by atoms with Gasteiger partial charge in [-0.1, -0.05) is 30.3 Å². The Morgan fingerprint density at radius 3 is 2.55 bits per heavy atom. The van der Waals surface area contributed by atoms with Gasteiger partial charge >= 0.3 is 7.12 Å². The molecule has 0 fully saturated rings. The molecule has 5 heteroatoms. The highest BCUT2D eigenvalue weighted by molar-refractivity contribution is 6.58. The van der Waals surface area contributed by atoms with Crippen molar-refractivity contribution >= 4 is 23.6 Å². The molecule has 0 bridgehead atoms. The third-order valence-corrected chi connectivity index (χ3v) is 3.13. The van der Waals surface area contributed by atoms with Gasteiger partial charge in [0.2, 0.25) is 0 Å². The first-order chi connectivity index (χ1) is 9.72. The normalized spacial score (nSPS) is 10.7. The molecule has 0 saturated heterocycles. The molecule has 3 aromatic rings. The Labute approximate surface area is 116 Å². The molecule has 0 aliphatic rings. The van der Waals surface area contributed by atoms with Crippen LogP contribution in [0.15, 0.2) is 54.6 Å². The van der Waals surface area contributed by atoms with E-state index in [-0.39, 0.29) is 0 Å². The number of hydrogen-bond acceptors (Lipinski definition) is 3. The van der Waals surface area contributed by atoms with Crippen molar-refractivity contribution in [2.45, 2.75) is 6.61 Å². The highest BCUT2D eigenvalue weighted by atomic mass is 16.5. The van der Waals surface area contributed by atoms with Gasteiger partial charge in [-0.05, 0) is 35.2 Å². The predicted molar refractivity (Wildman–Crippen MR) is 78.9 cm³/mol. The number of aromatic nitrogens is 1. The van der Waals surface area contributed by atoms with E-state index in [1.165, 1.54) is 0 Å². The molecule has 0 radical (unpaired) electrons. The maximum Gasteiger partial charge on any atom is 0.505 e. The van der Waals surface area contributed by atoms with E-state index in [1.54, 1.807) is 6.07 Å². The molecule has 0 aliphatic carbocycles. The number of nitrogens with one attached hydrogen (secondary N) is 1. The number of rotatable bonds is 4. The molecular weight excluding hydrogens is 253 g/mol. The summed E-state index contributed by atoms with van der Waals surface area (Å²) >= 11 is 0. The summed E-state index contributed by atoms with van der Waals surface area (Å²) in [7, 11) is -1.48. The van der Waals surface area contributed by atoms with Crippen LogP contribution in [0, 0.1) is 0 Å². The molecule has 100 valence electrons. The predicted octanol–water partition coefficient (Wildman–Crippen LogP) is 1.43. The van der Waals surface area contributed by atoms with Gasteiger partial charge in [-0.3, -0.25) is 0 Å². The van der Waals surface area contributed by atoms with Crippen LogP contribution in [0.4, 0.5) is 0 Å². The fourth-order valence-corrected chi connectivity index (χ4v) is 2.11. The summed E-state index contributed by atoms with van der Waals surface area (Å²) in [5.74, 6) is 0.825. The Bertz CT molecular complexity index is 709. The zero-order valence-corrected chi connectivity index (χ0v) is 10.8. The third-order valence-electron chi connectivity index (χ3n) is 3.13. The second-order valence-corrected chi connectivity index (χ2v) is 4.62. The largest absolute Gasteiger partial charge is 0.505 e. The lowest BCUT2D eigenvalue weighted by atomic mass is 9.86. The van der Waals surface area contributed by atoms with Gasteiger partial charge in [0.15, 0.2) is 0 Å². The van der Waals surface area contributed by atoms with E-state index in [1.807, 2.05) is 48.5 Å². The van der Waals surface area contributed by atoms with E-state index in [9.17, 15) is 0 Å². The maximum atomic E-state index is 9.15. The Hall–Kier alpha value is -2.24. The summed E-state index contributed by atoms with van der Waals surface area (Å²) in [5.41, 5.74) is 2.27. The van der Waals surface area contributed by atoms with Gasteiger partial charge < -0.3 is 19.8 Å². The van der Waals surface area contributed by atoms with Crippen LogP contribution < -0.4 is 10.3 Å². The van der Waals surface area contributed by atoms with Crippen LogP contribution in [-0.4, -0.2) is 22.2 Å². The number of para-hydroxylation sites is 1. The van der Waals surface area contributed by atoms with Gasteiger partial charge in [-0.15, -0.1) is 0 Å². The van der Waals surface area contributed by atoms with Crippen LogP contribution in [-0.2, 0) is 6.61 Å². The Balaban J connectivity index is 1.78. The van der Waals surface area contributed by atoms with E-state index in [2.05, 4.69) is 4.98 Å². The van der Waals surface area contributed by atoms with E-state index in [4.69, 9.17) is 14.8 Å². The highest BCUT2D eigenvalue weighted by Gasteiger charge is 2.13. The lowest BCUT2D eigenvalue weighted by molar-refractivity contribution is 0.306. The summed E-state index contributed by atoms with van der Waals surface area (Å²) in [6.07, 6.45) is 0. The van der Waals surface area contributed by atoms with E-state index < -0.39 is 7.12 Å². The van der Waals surface area contributed by atoms with Gasteiger partial charge in [0, 0.05) is 11.1 Å². The molecular formula is C15H14BNO3. The van der Waals surface area contributed by atoms with Gasteiger partial charge in [0.25, 0.3) is 0 Å². The molecule has 1 aromatic heterocycles. The molecule has 0 saturated carbocycles. The summed E-state index contributed by atoms with van der Waals surface area (Å²) in [4.78, 5) is 2.98. The van der Waals surface area contributed by atoms with Gasteiger partial charge in [0.1, 0.15) is 12.4 Å². The van der Waals surface area contributed by atoms with Gasteiger partial charge in [-0.2, -0.15) is 0 Å². The molecule has 0 atom stereocenters. The number of fused-ring (bicyclic) bond motifs is 1. The molecule has 0 amide bonds. The first-order valence-electron chi connectivity index (χ1n) is 6.38. The summed E-state index contributed by atoms with van der Waals surface area (Å²) in [6, 6.07) is 17.2. The van der Waals surface area contributed by atoms with Crippen molar-refractivity contribution in [3.05, 3.63) is 60.2 Å². The second kappa shape index (κ2) is 5.40. The van der Waals surface area contributed by atoms with Crippen LogP contribution in [0.2, 0.25) is 0 Å². The van der Waals surface area contributed by atoms with Gasteiger partial charge in [0.05, 0.1) is 0 Å². The number of H-pyrrole nitrogens is 1. The number of ether oxygens (including phenoxy) is 1. The van der Waals surface area contributed by atoms with Crippen molar-refractivity contribution in [2.24, 2.45) is 0 Å². The van der Waals surface area contributed by atoms with Crippen LogP contribution in [0.3, 0.4) is 0 Å². The molecule has 20 heavy (non-hydrogen) atoms. The third kappa shape index (κ3) is 2.69. The lowest BCUT2D eigenvalue weighted by Crippen LogP contribution is -2.30. The monoisotopic (exact) mass is 267 g/mol. The second-order valence-electron chi connectivity index (χ2n) is 4.62. The molecule has 4 nitrogen and oxygen atoms in total. The van der Waals surface area contributed by atoms with E-state index >= 15 is 0 Å². The van der Waals surface area contributed by atoms with Crippen LogP contribution in [0.25, 0.3) is 10.9 Å². The standard InChI is InChI=1S/C15H14BNO3/c18-16(19)15-9-12-7-6-11(8-14(12)17-15)10-20-13-4-2-1-3-5-13/h1-9,17-19H,10H2. The van der Waals surface area contributed by atoms with Crippen LogP contribution >= 0.6 is 0 Å². The maximum absolute atomic E-state index is 9.15. The Morgan fingerprint density at radius 1 is 1.00 bits per heavy atom. The topological polar surface area (TPSA) is 65.5 Å². The number of benzene rings is 2. The van der Waals surface area contributed by atoms with E-state index in [0.717, 1.165) is 22.2 Å². The first kappa shape index (κ1) is 12.8. The fourth-order valence-electron chi connectivity index (χ4n) is 2.11. The summed E-state index contributed by atoms with van der Waals surface area (Å²) < 4.78 is 5.68. The first-order valence-corrected chi connectivity index (χ1v) is 6.38. The van der Waals surface area contributed by atoms with Crippen molar-refractivity contribution in [1.29, 1.82) is 0 Å². The highest BCUT2D eigenvalue weighted by Crippen LogP contribution is 2.16. The number of hydrogen-bond donors (Lipinski definition) is 3. The minimum atomic E-state index is -1.48.